The van der Waals surface area contributed by atoms with E-state index in [2.05, 4.69) is 6.58 Å². The fourth-order valence-electron chi connectivity index (χ4n) is 3.19. The Morgan fingerprint density at radius 1 is 0.800 bits per heavy atom. The van der Waals surface area contributed by atoms with Crippen LogP contribution in [0.4, 0.5) is 0 Å². The fourth-order valence-corrected chi connectivity index (χ4v) is 3.19. The van der Waals surface area contributed by atoms with Crippen molar-refractivity contribution >= 4 is 5.97 Å². The summed E-state index contributed by atoms with van der Waals surface area (Å²) in [6, 6.07) is 0. The van der Waals surface area contributed by atoms with E-state index in [0.29, 0.717) is 5.76 Å². The average Bonchev–Trinajstić information content (AvgIpc) is 3.26. The second kappa shape index (κ2) is 6.19. The molecule has 0 radical (unpaired) electrons. The van der Waals surface area contributed by atoms with E-state index >= 15 is 0 Å². The monoisotopic (exact) mass is 280 g/mol. The smallest absolute Gasteiger partial charge is 0.309 e. The molecule has 2 aliphatic carbocycles. The van der Waals surface area contributed by atoms with Crippen LogP contribution >= 0.6 is 0 Å². The molecule has 2 N–H and O–H groups in total. The predicted molar refractivity (Wildman–Crippen MR) is 79.7 cm³/mol. The third-order valence-electron chi connectivity index (χ3n) is 5.33. The zero-order chi connectivity index (χ0) is 14.6. The van der Waals surface area contributed by atoms with Crippen molar-refractivity contribution in [2.75, 3.05) is 0 Å². The first-order chi connectivity index (χ1) is 9.51. The van der Waals surface area contributed by atoms with E-state index in [-0.39, 0.29) is 10.8 Å². The molecule has 0 aromatic carbocycles. The van der Waals surface area contributed by atoms with Gasteiger partial charge in [-0.2, -0.15) is 0 Å². The third-order valence-corrected chi connectivity index (χ3v) is 5.33. The lowest BCUT2D eigenvalue weighted by molar-refractivity contribution is -0.143. The molecule has 3 nitrogen and oxygen atoms in total. The highest BCUT2D eigenvalue weighted by Crippen LogP contribution is 2.54. The summed E-state index contributed by atoms with van der Waals surface area (Å²) < 4.78 is 0. The summed E-state index contributed by atoms with van der Waals surface area (Å²) in [5, 5.41) is 18.6. The minimum atomic E-state index is -0.587. The normalized spacial score (nSPS) is 21.4. The molecule has 2 saturated carbocycles. The van der Waals surface area contributed by atoms with Crippen LogP contribution in [-0.2, 0) is 4.79 Å². The molecular formula is C17H28O3. The SMILES string of the molecule is C=C(O)C1(CCCCCCCCC2(C(=O)O)CC2)CC1. The molecule has 0 atom stereocenters. The lowest BCUT2D eigenvalue weighted by atomic mass is 9.95. The quantitative estimate of drug-likeness (QED) is 0.421. The van der Waals surface area contributed by atoms with Gasteiger partial charge in [0.25, 0.3) is 0 Å². The van der Waals surface area contributed by atoms with Gasteiger partial charge in [-0.3, -0.25) is 4.79 Å². The number of carboxylic acids is 1. The number of hydrogen-bond acceptors (Lipinski definition) is 2. The summed E-state index contributed by atoms with van der Waals surface area (Å²) >= 11 is 0. The standard InChI is InChI=1S/C17H28O3/c1-14(18)16(10-11-16)8-6-4-2-3-5-7-9-17(12-13-17)15(19)20/h18H,1-13H2,(H,19,20). The molecule has 3 heteroatoms. The van der Waals surface area contributed by atoms with Crippen molar-refractivity contribution < 1.29 is 15.0 Å². The van der Waals surface area contributed by atoms with Crippen LogP contribution in [0.2, 0.25) is 0 Å². The first-order valence-corrected chi connectivity index (χ1v) is 8.13. The predicted octanol–water partition coefficient (Wildman–Crippen LogP) is 4.82. The van der Waals surface area contributed by atoms with Crippen LogP contribution in [0.25, 0.3) is 0 Å². The highest BCUT2D eigenvalue weighted by Gasteiger charge is 2.49. The lowest BCUT2D eigenvalue weighted by Gasteiger charge is -2.12. The van der Waals surface area contributed by atoms with Crippen LogP contribution in [0.15, 0.2) is 12.3 Å². The van der Waals surface area contributed by atoms with Crippen molar-refractivity contribution in [3.8, 4) is 0 Å². The molecule has 0 aromatic rings. The number of carbonyl (C=O) groups is 1. The summed E-state index contributed by atoms with van der Waals surface area (Å²) in [5.41, 5.74) is -0.250. The third kappa shape index (κ3) is 3.77. The van der Waals surface area contributed by atoms with Crippen LogP contribution in [0.1, 0.15) is 77.0 Å². The molecule has 2 fully saturated rings. The van der Waals surface area contributed by atoms with Gasteiger partial charge < -0.3 is 10.2 Å². The van der Waals surface area contributed by atoms with Crippen LogP contribution in [-0.4, -0.2) is 16.2 Å². The molecule has 0 unspecified atom stereocenters. The highest BCUT2D eigenvalue weighted by atomic mass is 16.4. The van der Waals surface area contributed by atoms with Gasteiger partial charge in [-0.1, -0.05) is 45.1 Å². The van der Waals surface area contributed by atoms with Crippen molar-refractivity contribution in [1.82, 2.24) is 0 Å². The van der Waals surface area contributed by atoms with E-state index in [1.165, 1.54) is 25.7 Å². The molecule has 0 bridgehead atoms. The Morgan fingerprint density at radius 2 is 1.20 bits per heavy atom. The number of allylic oxidation sites excluding steroid dienone is 1. The maximum Gasteiger partial charge on any atom is 0.309 e. The topological polar surface area (TPSA) is 57.5 Å². The Balaban J connectivity index is 1.43. The molecule has 0 aliphatic heterocycles. The average molecular weight is 280 g/mol. The first-order valence-electron chi connectivity index (χ1n) is 8.13. The van der Waals surface area contributed by atoms with Crippen molar-refractivity contribution in [3.63, 3.8) is 0 Å². The van der Waals surface area contributed by atoms with Crippen molar-refractivity contribution in [1.29, 1.82) is 0 Å². The summed E-state index contributed by atoms with van der Waals surface area (Å²) in [6.45, 7) is 3.68. The number of aliphatic hydroxyl groups excluding tert-OH is 1. The Labute approximate surface area is 122 Å². The maximum absolute atomic E-state index is 11.0. The first kappa shape index (κ1) is 15.4. The van der Waals surface area contributed by atoms with Crippen LogP contribution in [0.3, 0.4) is 0 Å². The van der Waals surface area contributed by atoms with Gasteiger partial charge >= 0.3 is 5.97 Å². The van der Waals surface area contributed by atoms with Gasteiger partial charge in [-0.15, -0.1) is 0 Å². The van der Waals surface area contributed by atoms with Gasteiger partial charge in [-0.25, -0.2) is 0 Å². The van der Waals surface area contributed by atoms with Gasteiger partial charge in [0, 0.05) is 5.41 Å². The minimum absolute atomic E-state index is 0.0832. The maximum atomic E-state index is 11.0. The number of rotatable bonds is 11. The fraction of sp³-hybridized carbons (Fsp3) is 0.824. The lowest BCUT2D eigenvalue weighted by Crippen LogP contribution is -2.14. The van der Waals surface area contributed by atoms with Gasteiger partial charge in [0.1, 0.15) is 0 Å². The molecular weight excluding hydrogens is 252 g/mol. The second-order valence-corrected chi connectivity index (χ2v) is 6.93. The van der Waals surface area contributed by atoms with Crippen molar-refractivity contribution in [3.05, 3.63) is 12.3 Å². The summed E-state index contributed by atoms with van der Waals surface area (Å²) in [4.78, 5) is 11.0. The summed E-state index contributed by atoms with van der Waals surface area (Å²) in [5.74, 6) is -0.197. The number of aliphatic carboxylic acids is 1. The van der Waals surface area contributed by atoms with Crippen molar-refractivity contribution in [2.45, 2.75) is 77.0 Å². The highest BCUT2D eigenvalue weighted by molar-refractivity contribution is 5.77. The Kier molecular flexibility index (Phi) is 4.77. The molecule has 0 amide bonds. The largest absolute Gasteiger partial charge is 0.512 e. The van der Waals surface area contributed by atoms with Gasteiger partial charge in [0.05, 0.1) is 11.2 Å². The number of hydrogen-bond donors (Lipinski definition) is 2. The molecule has 20 heavy (non-hydrogen) atoms. The number of unbranched alkanes of at least 4 members (excludes halogenated alkanes) is 5. The van der Waals surface area contributed by atoms with Crippen molar-refractivity contribution in [2.24, 2.45) is 10.8 Å². The number of aliphatic hydroxyl groups is 1. The van der Waals surface area contributed by atoms with Crippen LogP contribution in [0, 0.1) is 10.8 Å². The van der Waals surface area contributed by atoms with E-state index in [0.717, 1.165) is 51.4 Å². The van der Waals surface area contributed by atoms with E-state index in [9.17, 15) is 9.90 Å². The molecule has 0 heterocycles. The summed E-state index contributed by atoms with van der Waals surface area (Å²) in [6.07, 6.45) is 13.0. The van der Waals surface area contributed by atoms with Gasteiger partial charge in [0.15, 0.2) is 0 Å². The molecule has 2 rings (SSSR count). The van der Waals surface area contributed by atoms with Gasteiger partial charge in [-0.05, 0) is 38.5 Å². The Morgan fingerprint density at radius 3 is 1.55 bits per heavy atom. The summed E-state index contributed by atoms with van der Waals surface area (Å²) in [7, 11) is 0. The molecule has 114 valence electrons. The second-order valence-electron chi connectivity index (χ2n) is 6.93. The molecule has 0 saturated heterocycles. The Hall–Kier alpha value is -0.990. The van der Waals surface area contributed by atoms with Gasteiger partial charge in [0.2, 0.25) is 0 Å². The van der Waals surface area contributed by atoms with Crippen LogP contribution in [0.5, 0.6) is 0 Å². The molecule has 0 spiro atoms. The van der Waals surface area contributed by atoms with Crippen LogP contribution < -0.4 is 0 Å². The van der Waals surface area contributed by atoms with E-state index < -0.39 is 5.97 Å². The zero-order valence-electron chi connectivity index (χ0n) is 12.5. The molecule has 2 aliphatic rings. The molecule has 0 aromatic heterocycles. The minimum Gasteiger partial charge on any atom is -0.512 e. The number of carboxylic acid groups (broad SMARTS) is 1. The zero-order valence-corrected chi connectivity index (χ0v) is 12.5. The van der Waals surface area contributed by atoms with E-state index in [4.69, 9.17) is 5.11 Å². The van der Waals surface area contributed by atoms with E-state index in [1.54, 1.807) is 0 Å². The van der Waals surface area contributed by atoms with E-state index in [1.807, 2.05) is 0 Å². The Bertz CT molecular complexity index is 328.